The second-order valence-electron chi connectivity index (χ2n) is 4.80. The SMILES string of the molecule is CC(=O)C1=C(C)OC(C)=CC12Nc1ccccc1O2. The number of ketones is 1. The molecule has 19 heavy (non-hydrogen) atoms. The fourth-order valence-electron chi connectivity index (χ4n) is 2.69. The predicted molar refractivity (Wildman–Crippen MR) is 71.6 cm³/mol. The van der Waals surface area contributed by atoms with Crippen LogP contribution >= 0.6 is 0 Å². The van der Waals surface area contributed by atoms with Gasteiger partial charge in [-0.05, 0) is 32.9 Å². The molecule has 0 saturated heterocycles. The van der Waals surface area contributed by atoms with E-state index in [9.17, 15) is 4.79 Å². The second-order valence-corrected chi connectivity index (χ2v) is 4.80. The van der Waals surface area contributed by atoms with E-state index in [-0.39, 0.29) is 5.78 Å². The summed E-state index contributed by atoms with van der Waals surface area (Å²) in [7, 11) is 0. The van der Waals surface area contributed by atoms with E-state index in [0.717, 1.165) is 11.4 Å². The largest absolute Gasteiger partial charge is 0.466 e. The first-order valence-electron chi connectivity index (χ1n) is 6.18. The number of nitrogens with one attached hydrogen (secondary N) is 1. The van der Waals surface area contributed by atoms with Gasteiger partial charge < -0.3 is 14.8 Å². The van der Waals surface area contributed by atoms with Crippen LogP contribution in [-0.2, 0) is 9.53 Å². The highest BCUT2D eigenvalue weighted by molar-refractivity contribution is 5.98. The number of para-hydroxylation sites is 2. The minimum absolute atomic E-state index is 0.0680. The van der Waals surface area contributed by atoms with Crippen LogP contribution in [-0.4, -0.2) is 11.5 Å². The molecule has 2 heterocycles. The summed E-state index contributed by atoms with van der Waals surface area (Å²) in [5.41, 5.74) is 0.441. The zero-order valence-corrected chi connectivity index (χ0v) is 11.1. The number of anilines is 1. The van der Waals surface area contributed by atoms with Gasteiger partial charge in [-0.25, -0.2) is 0 Å². The van der Waals surface area contributed by atoms with Gasteiger partial charge in [0.15, 0.2) is 5.78 Å². The minimum atomic E-state index is -0.943. The molecule has 98 valence electrons. The Kier molecular flexibility index (Phi) is 2.42. The molecule has 1 aromatic carbocycles. The third-order valence-electron chi connectivity index (χ3n) is 3.27. The number of allylic oxidation sites excluding steroid dienone is 2. The second kappa shape index (κ2) is 3.88. The van der Waals surface area contributed by atoms with Crippen LogP contribution in [0.5, 0.6) is 5.75 Å². The van der Waals surface area contributed by atoms with Gasteiger partial charge >= 0.3 is 0 Å². The predicted octanol–water partition coefficient (Wildman–Crippen LogP) is 2.98. The van der Waals surface area contributed by atoms with E-state index in [4.69, 9.17) is 9.47 Å². The fraction of sp³-hybridized carbons (Fsp3) is 0.267. The van der Waals surface area contributed by atoms with Crippen LogP contribution < -0.4 is 10.1 Å². The summed E-state index contributed by atoms with van der Waals surface area (Å²) in [6.45, 7) is 5.14. The van der Waals surface area contributed by atoms with E-state index >= 15 is 0 Å². The Morgan fingerprint density at radius 3 is 2.68 bits per heavy atom. The van der Waals surface area contributed by atoms with Crippen LogP contribution in [0.2, 0.25) is 0 Å². The lowest BCUT2D eigenvalue weighted by molar-refractivity contribution is -0.115. The molecule has 0 fully saturated rings. The number of rotatable bonds is 1. The Balaban J connectivity index is 2.13. The highest BCUT2D eigenvalue weighted by atomic mass is 16.5. The molecule has 2 aliphatic rings. The molecule has 0 saturated carbocycles. The topological polar surface area (TPSA) is 47.6 Å². The number of ether oxygens (including phenoxy) is 2. The maximum atomic E-state index is 11.9. The molecule has 0 bridgehead atoms. The first-order valence-corrected chi connectivity index (χ1v) is 6.18. The van der Waals surface area contributed by atoms with Crippen molar-refractivity contribution in [3.8, 4) is 5.75 Å². The van der Waals surface area contributed by atoms with Crippen molar-refractivity contribution >= 4 is 11.5 Å². The number of Topliss-reactive ketones (excluding diaryl/α,β-unsaturated/α-hetero) is 1. The fourth-order valence-corrected chi connectivity index (χ4v) is 2.69. The Bertz CT molecular complexity index is 603. The molecule has 1 aromatic rings. The third-order valence-corrected chi connectivity index (χ3v) is 3.27. The van der Waals surface area contributed by atoms with Crippen LogP contribution in [0, 0.1) is 0 Å². The van der Waals surface area contributed by atoms with Crippen LogP contribution in [0.25, 0.3) is 0 Å². The summed E-state index contributed by atoms with van der Waals surface area (Å²) in [6.07, 6.45) is 1.80. The van der Waals surface area contributed by atoms with Gasteiger partial charge in [-0.1, -0.05) is 12.1 Å². The molecule has 1 atom stereocenters. The maximum absolute atomic E-state index is 11.9. The van der Waals surface area contributed by atoms with Crippen molar-refractivity contribution in [2.24, 2.45) is 0 Å². The Morgan fingerprint density at radius 2 is 2.00 bits per heavy atom. The average Bonchev–Trinajstić information content (AvgIpc) is 2.64. The lowest BCUT2D eigenvalue weighted by atomic mass is 9.95. The highest BCUT2D eigenvalue weighted by Crippen LogP contribution is 2.44. The van der Waals surface area contributed by atoms with Crippen LogP contribution in [0.1, 0.15) is 20.8 Å². The zero-order valence-electron chi connectivity index (χ0n) is 11.1. The molecule has 3 rings (SSSR count). The van der Waals surface area contributed by atoms with Gasteiger partial charge in [-0.15, -0.1) is 0 Å². The summed E-state index contributed by atoms with van der Waals surface area (Å²) >= 11 is 0. The van der Waals surface area contributed by atoms with Gasteiger partial charge in [-0.3, -0.25) is 4.79 Å². The smallest absolute Gasteiger partial charge is 0.237 e. The monoisotopic (exact) mass is 257 g/mol. The number of benzene rings is 1. The number of carbonyl (C=O) groups excluding carboxylic acids is 1. The summed E-state index contributed by atoms with van der Waals surface area (Å²) < 4.78 is 11.5. The zero-order chi connectivity index (χ0) is 13.6. The van der Waals surface area contributed by atoms with E-state index in [1.165, 1.54) is 6.92 Å². The number of fused-ring (bicyclic) bond motifs is 1. The average molecular weight is 257 g/mol. The Labute approximate surface area is 111 Å². The van der Waals surface area contributed by atoms with Crippen molar-refractivity contribution in [3.63, 3.8) is 0 Å². The van der Waals surface area contributed by atoms with Gasteiger partial charge in [0.05, 0.1) is 5.69 Å². The number of hydrogen-bond acceptors (Lipinski definition) is 4. The molecule has 4 heteroatoms. The van der Waals surface area contributed by atoms with E-state index in [1.807, 2.05) is 31.2 Å². The van der Waals surface area contributed by atoms with Gasteiger partial charge in [0.2, 0.25) is 5.72 Å². The molecule has 1 unspecified atom stereocenters. The van der Waals surface area contributed by atoms with E-state index in [1.54, 1.807) is 13.0 Å². The van der Waals surface area contributed by atoms with E-state index < -0.39 is 5.72 Å². The molecular formula is C15H15NO3. The molecule has 0 amide bonds. The van der Waals surface area contributed by atoms with Gasteiger partial charge in [0.25, 0.3) is 0 Å². The Hall–Kier alpha value is -2.23. The van der Waals surface area contributed by atoms with Gasteiger partial charge in [0, 0.05) is 6.08 Å². The summed E-state index contributed by atoms with van der Waals surface area (Å²) in [6, 6.07) is 7.63. The van der Waals surface area contributed by atoms with E-state index in [0.29, 0.717) is 17.1 Å². The summed E-state index contributed by atoms with van der Waals surface area (Å²) in [5.74, 6) is 1.96. The standard InChI is InChI=1S/C15H15NO3/c1-9-8-15(14(10(2)17)11(3)18-9)16-12-6-4-5-7-13(12)19-15/h4-8,16H,1-3H3. The van der Waals surface area contributed by atoms with Crippen molar-refractivity contribution in [2.45, 2.75) is 26.5 Å². The first-order chi connectivity index (χ1) is 9.02. The molecule has 0 radical (unpaired) electrons. The highest BCUT2D eigenvalue weighted by Gasteiger charge is 2.46. The van der Waals surface area contributed by atoms with Gasteiger partial charge in [-0.2, -0.15) is 0 Å². The molecule has 2 aliphatic heterocycles. The minimum Gasteiger partial charge on any atom is -0.466 e. The van der Waals surface area contributed by atoms with Crippen molar-refractivity contribution < 1.29 is 14.3 Å². The third kappa shape index (κ3) is 1.71. The Morgan fingerprint density at radius 1 is 1.26 bits per heavy atom. The van der Waals surface area contributed by atoms with Crippen LogP contribution in [0.4, 0.5) is 5.69 Å². The van der Waals surface area contributed by atoms with Crippen molar-refractivity contribution in [1.82, 2.24) is 0 Å². The molecular weight excluding hydrogens is 242 g/mol. The van der Waals surface area contributed by atoms with Gasteiger partial charge in [0.1, 0.15) is 22.8 Å². The lowest BCUT2D eigenvalue weighted by Crippen LogP contribution is -2.45. The normalized spacial score (nSPS) is 24.3. The van der Waals surface area contributed by atoms with Crippen LogP contribution in [0.15, 0.2) is 47.4 Å². The molecule has 1 spiro atoms. The molecule has 4 nitrogen and oxygen atoms in total. The number of carbonyl (C=O) groups is 1. The summed E-state index contributed by atoms with van der Waals surface area (Å²) in [4.78, 5) is 11.9. The van der Waals surface area contributed by atoms with Crippen molar-refractivity contribution in [1.29, 1.82) is 0 Å². The number of hydrogen-bond donors (Lipinski definition) is 1. The lowest BCUT2D eigenvalue weighted by Gasteiger charge is -2.32. The van der Waals surface area contributed by atoms with Crippen molar-refractivity contribution in [2.75, 3.05) is 5.32 Å². The molecule has 1 N–H and O–H groups in total. The molecule has 0 aliphatic carbocycles. The first kappa shape index (κ1) is 11.8. The quantitative estimate of drug-likeness (QED) is 0.840. The summed E-state index contributed by atoms with van der Waals surface area (Å²) in [5, 5.41) is 3.28. The maximum Gasteiger partial charge on any atom is 0.237 e. The van der Waals surface area contributed by atoms with E-state index in [2.05, 4.69) is 5.32 Å². The van der Waals surface area contributed by atoms with Crippen LogP contribution in [0.3, 0.4) is 0 Å². The van der Waals surface area contributed by atoms with Crippen molar-refractivity contribution in [3.05, 3.63) is 47.4 Å². The molecule has 0 aromatic heterocycles.